The van der Waals surface area contributed by atoms with Gasteiger partial charge in [-0.3, -0.25) is 4.79 Å². The zero-order valence-corrected chi connectivity index (χ0v) is 14.5. The molecule has 0 fully saturated rings. The van der Waals surface area contributed by atoms with Crippen LogP contribution in [0.4, 0.5) is 0 Å². The monoisotopic (exact) mass is 340 g/mol. The highest BCUT2D eigenvalue weighted by molar-refractivity contribution is 6.36. The molecule has 1 amide bonds. The second-order valence-electron chi connectivity index (χ2n) is 5.35. The lowest BCUT2D eigenvalue weighted by Gasteiger charge is -2.22. The van der Waals surface area contributed by atoms with Gasteiger partial charge in [-0.15, -0.1) is 0 Å². The van der Waals surface area contributed by atoms with Crippen LogP contribution < -0.4 is 0 Å². The van der Waals surface area contributed by atoms with Gasteiger partial charge in [-0.05, 0) is 32.9 Å². The summed E-state index contributed by atoms with van der Waals surface area (Å²) in [6, 6.07) is 5.24. The molecule has 1 heterocycles. The number of carbonyl (C=O) groups excluding carboxylic acids is 1. The molecule has 1 aromatic carbocycles. The van der Waals surface area contributed by atoms with Gasteiger partial charge in [0.05, 0.1) is 18.2 Å². The summed E-state index contributed by atoms with van der Waals surface area (Å²) >= 11 is 12.4. The summed E-state index contributed by atoms with van der Waals surface area (Å²) in [6.45, 7) is 5.94. The highest BCUT2D eigenvalue weighted by Crippen LogP contribution is 2.32. The van der Waals surface area contributed by atoms with Crippen LogP contribution in [0.1, 0.15) is 35.4 Å². The number of nitrogens with zero attached hydrogens (tertiary/aromatic N) is 2. The van der Waals surface area contributed by atoms with Crippen molar-refractivity contribution in [3.63, 3.8) is 0 Å². The van der Waals surface area contributed by atoms with Gasteiger partial charge in [0.15, 0.2) is 0 Å². The maximum atomic E-state index is 12.7. The number of rotatable bonds is 4. The van der Waals surface area contributed by atoms with E-state index in [1.165, 1.54) is 0 Å². The van der Waals surface area contributed by atoms with Gasteiger partial charge in [0.25, 0.3) is 0 Å². The summed E-state index contributed by atoms with van der Waals surface area (Å²) in [6.07, 6.45) is 0. The van der Waals surface area contributed by atoms with E-state index in [0.29, 0.717) is 22.2 Å². The van der Waals surface area contributed by atoms with E-state index in [-0.39, 0.29) is 5.91 Å². The summed E-state index contributed by atoms with van der Waals surface area (Å²) < 4.78 is 5.13. The number of hydrogen-bond acceptors (Lipinski definition) is 3. The Labute approximate surface area is 140 Å². The Morgan fingerprint density at radius 1 is 1.32 bits per heavy atom. The quantitative estimate of drug-likeness (QED) is 0.830. The van der Waals surface area contributed by atoms with E-state index < -0.39 is 5.92 Å². The lowest BCUT2D eigenvalue weighted by Crippen LogP contribution is -2.30. The highest BCUT2D eigenvalue weighted by atomic mass is 35.5. The van der Waals surface area contributed by atoms with Gasteiger partial charge in [-0.1, -0.05) is 34.4 Å². The molecule has 4 nitrogen and oxygen atoms in total. The summed E-state index contributed by atoms with van der Waals surface area (Å²) in [7, 11) is 1.75. The van der Waals surface area contributed by atoms with E-state index in [9.17, 15) is 4.79 Å². The SMILES string of the molecule is Cc1noc(C)c1CN(C)C(=O)[C@H](C)c1c(Cl)cccc1Cl. The van der Waals surface area contributed by atoms with E-state index in [0.717, 1.165) is 17.0 Å². The lowest BCUT2D eigenvalue weighted by molar-refractivity contribution is -0.131. The predicted molar refractivity (Wildman–Crippen MR) is 87.3 cm³/mol. The van der Waals surface area contributed by atoms with Gasteiger partial charge in [0.2, 0.25) is 5.91 Å². The number of likely N-dealkylation sites (N-methyl/N-ethyl adjacent to an activating group) is 1. The van der Waals surface area contributed by atoms with Crippen molar-refractivity contribution in [1.29, 1.82) is 0 Å². The summed E-state index contributed by atoms with van der Waals surface area (Å²) in [4.78, 5) is 14.3. The fourth-order valence-corrected chi connectivity index (χ4v) is 3.15. The molecule has 2 aromatic rings. The number of carbonyl (C=O) groups is 1. The first kappa shape index (κ1) is 16.8. The molecule has 6 heteroatoms. The molecular weight excluding hydrogens is 323 g/mol. The second-order valence-corrected chi connectivity index (χ2v) is 6.17. The van der Waals surface area contributed by atoms with Crippen molar-refractivity contribution in [2.75, 3.05) is 7.05 Å². The minimum absolute atomic E-state index is 0.0602. The number of halogens is 2. The van der Waals surface area contributed by atoms with Crippen molar-refractivity contribution in [2.45, 2.75) is 33.2 Å². The zero-order valence-electron chi connectivity index (χ0n) is 13.0. The maximum Gasteiger partial charge on any atom is 0.229 e. The average Bonchev–Trinajstić information content (AvgIpc) is 2.77. The molecule has 0 radical (unpaired) electrons. The minimum Gasteiger partial charge on any atom is -0.361 e. The van der Waals surface area contributed by atoms with Crippen LogP contribution in [0.5, 0.6) is 0 Å². The Kier molecular flexibility index (Phi) is 5.14. The largest absolute Gasteiger partial charge is 0.361 e. The van der Waals surface area contributed by atoms with Crippen molar-refractivity contribution in [1.82, 2.24) is 10.1 Å². The van der Waals surface area contributed by atoms with E-state index >= 15 is 0 Å². The van der Waals surface area contributed by atoms with Crippen molar-refractivity contribution < 1.29 is 9.32 Å². The van der Waals surface area contributed by atoms with Crippen LogP contribution in [-0.4, -0.2) is 23.0 Å². The average molecular weight is 341 g/mol. The van der Waals surface area contributed by atoms with Crippen LogP contribution in [0.25, 0.3) is 0 Å². The molecule has 1 aromatic heterocycles. The fraction of sp³-hybridized carbons (Fsp3) is 0.375. The second kappa shape index (κ2) is 6.71. The van der Waals surface area contributed by atoms with Crippen LogP contribution >= 0.6 is 23.2 Å². The topological polar surface area (TPSA) is 46.3 Å². The molecule has 0 N–H and O–H groups in total. The lowest BCUT2D eigenvalue weighted by atomic mass is 9.99. The maximum absolute atomic E-state index is 12.7. The molecule has 2 rings (SSSR count). The first-order chi connectivity index (χ1) is 10.3. The first-order valence-corrected chi connectivity index (χ1v) is 7.69. The molecule has 118 valence electrons. The Hall–Kier alpha value is -1.52. The molecule has 0 saturated carbocycles. The van der Waals surface area contributed by atoms with Gasteiger partial charge in [-0.2, -0.15) is 0 Å². The molecule has 0 spiro atoms. The van der Waals surface area contributed by atoms with E-state index in [1.807, 2.05) is 13.8 Å². The fourth-order valence-electron chi connectivity index (χ4n) is 2.42. The third kappa shape index (κ3) is 3.28. The Balaban J connectivity index is 2.20. The molecule has 0 aliphatic carbocycles. The van der Waals surface area contributed by atoms with E-state index in [4.69, 9.17) is 27.7 Å². The molecule has 0 saturated heterocycles. The number of amides is 1. The molecular formula is C16H18Cl2N2O2. The van der Waals surface area contributed by atoms with Gasteiger partial charge < -0.3 is 9.42 Å². The van der Waals surface area contributed by atoms with E-state index in [1.54, 1.807) is 37.1 Å². The number of aromatic nitrogens is 1. The first-order valence-electron chi connectivity index (χ1n) is 6.93. The number of benzene rings is 1. The van der Waals surface area contributed by atoms with Crippen LogP contribution in [-0.2, 0) is 11.3 Å². The molecule has 0 bridgehead atoms. The van der Waals surface area contributed by atoms with Crippen molar-refractivity contribution in [2.24, 2.45) is 0 Å². The summed E-state index contributed by atoms with van der Waals surface area (Å²) in [5.74, 6) is 0.238. The van der Waals surface area contributed by atoms with Crippen molar-refractivity contribution >= 4 is 29.1 Å². The molecule has 0 aliphatic heterocycles. The normalized spacial score (nSPS) is 12.3. The van der Waals surface area contributed by atoms with Crippen LogP contribution in [0.2, 0.25) is 10.0 Å². The van der Waals surface area contributed by atoms with Crippen LogP contribution in [0, 0.1) is 13.8 Å². The molecule has 1 atom stereocenters. The van der Waals surface area contributed by atoms with Gasteiger partial charge in [0.1, 0.15) is 5.76 Å². The molecule has 0 unspecified atom stereocenters. The molecule has 0 aliphatic rings. The Morgan fingerprint density at radius 3 is 2.41 bits per heavy atom. The van der Waals surface area contributed by atoms with Crippen LogP contribution in [0.3, 0.4) is 0 Å². The zero-order chi connectivity index (χ0) is 16.4. The smallest absolute Gasteiger partial charge is 0.229 e. The third-order valence-corrected chi connectivity index (χ3v) is 4.42. The van der Waals surface area contributed by atoms with Gasteiger partial charge in [0, 0.05) is 28.2 Å². The van der Waals surface area contributed by atoms with Gasteiger partial charge >= 0.3 is 0 Å². The summed E-state index contributed by atoms with van der Waals surface area (Å²) in [5.41, 5.74) is 2.37. The Bertz CT molecular complexity index is 658. The van der Waals surface area contributed by atoms with Crippen molar-refractivity contribution in [3.8, 4) is 0 Å². The molecule has 22 heavy (non-hydrogen) atoms. The Morgan fingerprint density at radius 2 is 1.91 bits per heavy atom. The third-order valence-electron chi connectivity index (χ3n) is 3.76. The minimum atomic E-state index is -0.424. The van der Waals surface area contributed by atoms with E-state index in [2.05, 4.69) is 5.16 Å². The standard InChI is InChI=1S/C16H18Cl2N2O2/c1-9(15-13(17)6-5-7-14(15)18)16(21)20(4)8-12-10(2)19-22-11(12)3/h5-7,9H,8H2,1-4H3/t9-/m1/s1. The van der Waals surface area contributed by atoms with Crippen molar-refractivity contribution in [3.05, 3.63) is 50.8 Å². The van der Waals surface area contributed by atoms with Crippen LogP contribution in [0.15, 0.2) is 22.7 Å². The highest BCUT2D eigenvalue weighted by Gasteiger charge is 2.25. The summed E-state index contributed by atoms with van der Waals surface area (Å²) in [5, 5.41) is 4.90. The number of aryl methyl sites for hydroxylation is 2. The number of hydrogen-bond donors (Lipinski definition) is 0. The van der Waals surface area contributed by atoms with Gasteiger partial charge in [-0.25, -0.2) is 0 Å². The predicted octanol–water partition coefficient (Wildman–Crippen LogP) is 4.36.